The zero-order valence-corrected chi connectivity index (χ0v) is 17.6. The van der Waals surface area contributed by atoms with E-state index < -0.39 is 23.5 Å². The Balaban J connectivity index is 3.44. The number of hydrogen-bond donors (Lipinski definition) is 1. The third-order valence-electron chi connectivity index (χ3n) is 3.01. The second kappa shape index (κ2) is 18.1. The predicted octanol–water partition coefficient (Wildman–Crippen LogP) is 2.54. The van der Waals surface area contributed by atoms with Gasteiger partial charge in [-0.3, -0.25) is 0 Å². The molecule has 0 aromatic rings. The van der Waals surface area contributed by atoms with Gasteiger partial charge in [0.2, 0.25) is 0 Å². The number of unbranched alkanes of at least 4 members (excludes halogenated alkanes) is 2. The van der Waals surface area contributed by atoms with E-state index in [1.807, 2.05) is 13.8 Å². The van der Waals surface area contributed by atoms with E-state index in [4.69, 9.17) is 22.6 Å². The number of amides is 1. The van der Waals surface area contributed by atoms with Crippen molar-refractivity contribution in [3.05, 3.63) is 12.2 Å². The number of rotatable bonds is 17. The molecule has 9 heteroatoms. The minimum Gasteiger partial charge on any atom is -0.460 e. The molecule has 0 aliphatic rings. The molecule has 0 aliphatic carbocycles. The van der Waals surface area contributed by atoms with Crippen LogP contribution >= 0.6 is 0 Å². The first-order valence-electron chi connectivity index (χ1n) is 9.29. The molecule has 0 saturated carbocycles. The molecule has 0 atom stereocenters. The SMILES string of the molecule is C=C(C)C(=O)OCCOCCNC(=O)OCCCCC[S+](OCC)OCC. The molecule has 1 amide bonds. The monoisotopic (exact) mass is 408 g/mol. The summed E-state index contributed by atoms with van der Waals surface area (Å²) in [6.07, 6.45) is 2.25. The van der Waals surface area contributed by atoms with Crippen LogP contribution in [-0.2, 0) is 38.8 Å². The smallest absolute Gasteiger partial charge is 0.407 e. The third-order valence-corrected chi connectivity index (χ3v) is 4.63. The predicted molar refractivity (Wildman–Crippen MR) is 105 cm³/mol. The van der Waals surface area contributed by atoms with Crippen LogP contribution in [0.4, 0.5) is 4.79 Å². The zero-order valence-electron chi connectivity index (χ0n) is 16.8. The molecule has 0 fully saturated rings. The Hall–Kier alpha value is -1.29. The molecule has 0 saturated heterocycles. The topological polar surface area (TPSA) is 92.3 Å². The van der Waals surface area contributed by atoms with Crippen molar-refractivity contribution in [2.24, 2.45) is 0 Å². The first-order valence-corrected chi connectivity index (χ1v) is 10.5. The van der Waals surface area contributed by atoms with Crippen LogP contribution in [-0.4, -0.2) is 64.0 Å². The molecule has 158 valence electrons. The lowest BCUT2D eigenvalue weighted by molar-refractivity contribution is -0.140. The molecule has 27 heavy (non-hydrogen) atoms. The van der Waals surface area contributed by atoms with Crippen LogP contribution in [0.1, 0.15) is 40.0 Å². The van der Waals surface area contributed by atoms with Gasteiger partial charge < -0.3 is 19.5 Å². The van der Waals surface area contributed by atoms with Gasteiger partial charge in [-0.1, -0.05) is 6.58 Å². The van der Waals surface area contributed by atoms with Crippen molar-refractivity contribution in [3.63, 3.8) is 0 Å². The van der Waals surface area contributed by atoms with Crippen LogP contribution in [0.15, 0.2) is 12.2 Å². The van der Waals surface area contributed by atoms with Crippen LogP contribution in [0, 0.1) is 0 Å². The minimum absolute atomic E-state index is 0.157. The molecule has 0 aromatic heterocycles. The molecule has 0 radical (unpaired) electrons. The first kappa shape index (κ1) is 25.7. The molecular formula is C18H34NO7S+. The van der Waals surface area contributed by atoms with E-state index >= 15 is 0 Å². The molecule has 8 nitrogen and oxygen atoms in total. The van der Waals surface area contributed by atoms with Gasteiger partial charge in [-0.2, -0.15) is 0 Å². The summed E-state index contributed by atoms with van der Waals surface area (Å²) in [5.41, 5.74) is 0.350. The van der Waals surface area contributed by atoms with E-state index in [1.54, 1.807) is 6.92 Å². The summed E-state index contributed by atoms with van der Waals surface area (Å²) >= 11 is -0.418. The summed E-state index contributed by atoms with van der Waals surface area (Å²) in [5.74, 6) is 0.430. The highest BCUT2D eigenvalue weighted by Gasteiger charge is 2.20. The van der Waals surface area contributed by atoms with Crippen molar-refractivity contribution in [1.29, 1.82) is 0 Å². The maximum Gasteiger partial charge on any atom is 0.407 e. The van der Waals surface area contributed by atoms with Crippen molar-refractivity contribution in [3.8, 4) is 0 Å². The van der Waals surface area contributed by atoms with Crippen LogP contribution in [0.25, 0.3) is 0 Å². The highest BCUT2D eigenvalue weighted by atomic mass is 32.2. The Kier molecular flexibility index (Phi) is 17.2. The van der Waals surface area contributed by atoms with Crippen LogP contribution in [0.2, 0.25) is 0 Å². The highest BCUT2D eigenvalue weighted by molar-refractivity contribution is 7.87. The van der Waals surface area contributed by atoms with E-state index in [0.717, 1.165) is 25.0 Å². The third kappa shape index (κ3) is 16.6. The average molecular weight is 409 g/mol. The van der Waals surface area contributed by atoms with E-state index in [2.05, 4.69) is 11.9 Å². The lowest BCUT2D eigenvalue weighted by Gasteiger charge is -2.08. The van der Waals surface area contributed by atoms with Gasteiger partial charge in [-0.15, -0.1) is 8.37 Å². The number of carbonyl (C=O) groups excluding carboxylic acids is 2. The van der Waals surface area contributed by atoms with Crippen LogP contribution in [0.5, 0.6) is 0 Å². The molecule has 0 aromatic carbocycles. The van der Waals surface area contributed by atoms with Gasteiger partial charge in [0.25, 0.3) is 0 Å². The number of ether oxygens (including phenoxy) is 3. The van der Waals surface area contributed by atoms with Crippen molar-refractivity contribution in [1.82, 2.24) is 5.32 Å². The maximum atomic E-state index is 11.5. The summed E-state index contributed by atoms with van der Waals surface area (Å²) in [6, 6.07) is 0. The number of esters is 1. The molecule has 0 unspecified atom stereocenters. The Morgan fingerprint density at radius 2 is 1.63 bits per heavy atom. The van der Waals surface area contributed by atoms with Gasteiger partial charge in [0, 0.05) is 12.1 Å². The fourth-order valence-electron chi connectivity index (χ4n) is 1.77. The summed E-state index contributed by atoms with van der Waals surface area (Å²) < 4.78 is 26.2. The average Bonchev–Trinajstić information content (AvgIpc) is 2.63. The first-order chi connectivity index (χ1) is 13.0. The molecule has 0 spiro atoms. The van der Waals surface area contributed by atoms with Crippen molar-refractivity contribution in [2.75, 3.05) is 51.9 Å². The maximum absolute atomic E-state index is 11.5. The molecule has 0 rings (SSSR count). The summed E-state index contributed by atoms with van der Waals surface area (Å²) in [4.78, 5) is 22.6. The Bertz CT molecular complexity index is 415. The fraction of sp³-hybridized carbons (Fsp3) is 0.778. The molecule has 1 N–H and O–H groups in total. The summed E-state index contributed by atoms with van der Waals surface area (Å²) in [6.45, 7) is 11.7. The van der Waals surface area contributed by atoms with Crippen LogP contribution in [0.3, 0.4) is 0 Å². The minimum atomic E-state index is -0.462. The van der Waals surface area contributed by atoms with Crippen molar-refractivity contribution in [2.45, 2.75) is 40.0 Å². The second-order valence-corrected chi connectivity index (χ2v) is 6.96. The highest BCUT2D eigenvalue weighted by Crippen LogP contribution is 2.07. The summed E-state index contributed by atoms with van der Waals surface area (Å²) in [7, 11) is 0. The van der Waals surface area contributed by atoms with Gasteiger partial charge >= 0.3 is 23.5 Å². The van der Waals surface area contributed by atoms with Crippen LogP contribution < -0.4 is 5.32 Å². The number of hydrogen-bond acceptors (Lipinski definition) is 7. The van der Waals surface area contributed by atoms with Gasteiger partial charge in [-0.05, 0) is 40.0 Å². The fourth-order valence-corrected chi connectivity index (χ4v) is 3.04. The Morgan fingerprint density at radius 1 is 0.926 bits per heavy atom. The van der Waals surface area contributed by atoms with E-state index in [0.29, 0.717) is 38.5 Å². The van der Waals surface area contributed by atoms with Gasteiger partial charge in [0.05, 0.1) is 19.8 Å². The number of alkyl carbamates (subject to hydrolysis) is 1. The number of carbonyl (C=O) groups is 2. The normalized spacial score (nSPS) is 10.7. The zero-order chi connectivity index (χ0) is 20.3. The van der Waals surface area contributed by atoms with E-state index in [9.17, 15) is 9.59 Å². The van der Waals surface area contributed by atoms with Gasteiger partial charge in [0.15, 0.2) is 5.75 Å². The quantitative estimate of drug-likeness (QED) is 0.171. The standard InChI is InChI=1S/C18H33NO7S/c1-5-25-27(26-6-2)15-9-7-8-11-24-18(21)19-10-12-22-13-14-23-17(20)16(3)4/h3,5-15H2,1-2,4H3/p+1. The summed E-state index contributed by atoms with van der Waals surface area (Å²) in [5, 5.41) is 2.60. The Labute approximate surface area is 165 Å². The lowest BCUT2D eigenvalue weighted by Crippen LogP contribution is -2.28. The van der Waals surface area contributed by atoms with E-state index in [1.165, 1.54) is 0 Å². The van der Waals surface area contributed by atoms with Crippen molar-refractivity contribution < 1.29 is 32.2 Å². The largest absolute Gasteiger partial charge is 0.460 e. The molecule has 0 bridgehead atoms. The van der Waals surface area contributed by atoms with E-state index in [-0.39, 0.29) is 13.2 Å². The Morgan fingerprint density at radius 3 is 2.26 bits per heavy atom. The lowest BCUT2D eigenvalue weighted by atomic mass is 10.3. The molecular weight excluding hydrogens is 374 g/mol. The molecule has 0 aliphatic heterocycles. The second-order valence-electron chi connectivity index (χ2n) is 5.47. The van der Waals surface area contributed by atoms with Crippen molar-refractivity contribution >= 4 is 23.5 Å². The van der Waals surface area contributed by atoms with Gasteiger partial charge in [0.1, 0.15) is 19.8 Å². The van der Waals surface area contributed by atoms with Gasteiger partial charge in [-0.25, -0.2) is 9.59 Å². The number of nitrogens with one attached hydrogen (secondary N) is 1. The molecule has 0 heterocycles.